The van der Waals surface area contributed by atoms with E-state index in [0.717, 1.165) is 36.9 Å². The maximum atomic E-state index is 13.2. The molecule has 4 rings (SSSR count). The third kappa shape index (κ3) is 5.37. The lowest BCUT2D eigenvalue weighted by Crippen LogP contribution is -2.53. The van der Waals surface area contributed by atoms with Gasteiger partial charge < -0.3 is 4.90 Å². The van der Waals surface area contributed by atoms with Crippen LogP contribution >= 0.6 is 15.9 Å². The van der Waals surface area contributed by atoms with E-state index in [-0.39, 0.29) is 11.8 Å². The van der Waals surface area contributed by atoms with Crippen LogP contribution in [0.4, 0.5) is 0 Å². The second kappa shape index (κ2) is 9.81. The molecule has 0 aliphatic carbocycles. The zero-order chi connectivity index (χ0) is 21.8. The predicted octanol–water partition coefficient (Wildman–Crippen LogP) is 3.19. The number of halogens is 1. The van der Waals surface area contributed by atoms with Crippen LogP contribution in [0.3, 0.4) is 0 Å². The Morgan fingerprint density at radius 2 is 1.71 bits per heavy atom. The average molecular weight is 506 g/mol. The van der Waals surface area contributed by atoms with E-state index in [1.54, 1.807) is 30.3 Å². The first kappa shape index (κ1) is 22.5. The highest BCUT2D eigenvalue weighted by molar-refractivity contribution is 9.10. The SMILES string of the molecule is O=C(C1CCCN(Cc2cccc(Br)c2)C1)N1CCN(S(=O)(=O)c2ccccc2)CC1. The van der Waals surface area contributed by atoms with Crippen LogP contribution in [0.5, 0.6) is 0 Å². The molecule has 0 saturated carbocycles. The number of sulfonamides is 1. The van der Waals surface area contributed by atoms with Gasteiger partial charge in [0.1, 0.15) is 0 Å². The standard InChI is InChI=1S/C23H28BrN3O3S/c24-21-8-4-6-19(16-21)17-25-11-5-7-20(18-25)23(28)26-12-14-27(15-13-26)31(29,30)22-9-2-1-3-10-22/h1-4,6,8-10,16,20H,5,7,11-15,17-18H2. The molecule has 2 aromatic rings. The fourth-order valence-corrected chi connectivity index (χ4v) is 6.33. The summed E-state index contributed by atoms with van der Waals surface area (Å²) >= 11 is 3.52. The van der Waals surface area contributed by atoms with Crippen molar-refractivity contribution in [3.63, 3.8) is 0 Å². The van der Waals surface area contributed by atoms with Gasteiger partial charge in [0.05, 0.1) is 10.8 Å². The Morgan fingerprint density at radius 1 is 0.968 bits per heavy atom. The molecular weight excluding hydrogens is 478 g/mol. The summed E-state index contributed by atoms with van der Waals surface area (Å²) in [6.45, 7) is 4.19. The van der Waals surface area contributed by atoms with Gasteiger partial charge in [-0.05, 0) is 49.2 Å². The van der Waals surface area contributed by atoms with Crippen LogP contribution in [0.2, 0.25) is 0 Å². The number of benzene rings is 2. The van der Waals surface area contributed by atoms with Crippen molar-refractivity contribution in [1.82, 2.24) is 14.1 Å². The van der Waals surface area contributed by atoms with E-state index >= 15 is 0 Å². The average Bonchev–Trinajstić information content (AvgIpc) is 2.79. The molecule has 0 spiro atoms. The van der Waals surface area contributed by atoms with Crippen LogP contribution in [0.25, 0.3) is 0 Å². The second-order valence-corrected chi connectivity index (χ2v) is 11.1. The van der Waals surface area contributed by atoms with Gasteiger partial charge in [-0.15, -0.1) is 0 Å². The fraction of sp³-hybridized carbons (Fsp3) is 0.435. The van der Waals surface area contributed by atoms with Crippen molar-refractivity contribution < 1.29 is 13.2 Å². The lowest BCUT2D eigenvalue weighted by molar-refractivity contribution is -0.138. The summed E-state index contributed by atoms with van der Waals surface area (Å²) in [4.78, 5) is 17.7. The van der Waals surface area contributed by atoms with Gasteiger partial charge in [-0.1, -0.05) is 46.3 Å². The van der Waals surface area contributed by atoms with Gasteiger partial charge in [0.15, 0.2) is 0 Å². The number of carbonyl (C=O) groups excluding carboxylic acids is 1. The van der Waals surface area contributed by atoms with E-state index in [0.29, 0.717) is 31.1 Å². The molecule has 2 saturated heterocycles. The maximum absolute atomic E-state index is 13.2. The lowest BCUT2D eigenvalue weighted by Gasteiger charge is -2.38. The van der Waals surface area contributed by atoms with E-state index in [2.05, 4.69) is 33.0 Å². The molecule has 0 N–H and O–H groups in total. The molecule has 8 heteroatoms. The number of amides is 1. The normalized spacial score (nSPS) is 21.2. The summed E-state index contributed by atoms with van der Waals surface area (Å²) in [7, 11) is -3.50. The molecule has 2 aromatic carbocycles. The van der Waals surface area contributed by atoms with Crippen LogP contribution < -0.4 is 0 Å². The monoisotopic (exact) mass is 505 g/mol. The number of nitrogens with zero attached hydrogens (tertiary/aromatic N) is 3. The second-order valence-electron chi connectivity index (χ2n) is 8.25. The van der Waals surface area contributed by atoms with Crippen LogP contribution in [0.1, 0.15) is 18.4 Å². The maximum Gasteiger partial charge on any atom is 0.243 e. The quantitative estimate of drug-likeness (QED) is 0.625. The number of hydrogen-bond acceptors (Lipinski definition) is 4. The third-order valence-electron chi connectivity index (χ3n) is 6.08. The van der Waals surface area contributed by atoms with Crippen molar-refractivity contribution in [2.24, 2.45) is 5.92 Å². The highest BCUT2D eigenvalue weighted by atomic mass is 79.9. The van der Waals surface area contributed by atoms with Crippen molar-refractivity contribution in [2.45, 2.75) is 24.3 Å². The molecule has 2 heterocycles. The minimum atomic E-state index is -3.50. The van der Waals surface area contributed by atoms with Gasteiger partial charge in [0.2, 0.25) is 15.9 Å². The largest absolute Gasteiger partial charge is 0.340 e. The number of hydrogen-bond donors (Lipinski definition) is 0. The fourth-order valence-electron chi connectivity index (χ4n) is 4.44. The first-order valence-corrected chi connectivity index (χ1v) is 13.0. The third-order valence-corrected chi connectivity index (χ3v) is 8.49. The van der Waals surface area contributed by atoms with Crippen molar-refractivity contribution in [2.75, 3.05) is 39.3 Å². The molecular formula is C23H28BrN3O3S. The Morgan fingerprint density at radius 3 is 2.42 bits per heavy atom. The van der Waals surface area contributed by atoms with Crippen LogP contribution in [0.15, 0.2) is 64.0 Å². The molecule has 1 unspecified atom stereocenters. The predicted molar refractivity (Wildman–Crippen MR) is 124 cm³/mol. The summed E-state index contributed by atoms with van der Waals surface area (Å²) in [5.41, 5.74) is 1.24. The van der Waals surface area contributed by atoms with Crippen LogP contribution in [-0.2, 0) is 21.4 Å². The molecule has 0 bridgehead atoms. The zero-order valence-electron chi connectivity index (χ0n) is 17.5. The first-order valence-electron chi connectivity index (χ1n) is 10.7. The summed E-state index contributed by atoms with van der Waals surface area (Å²) in [5, 5.41) is 0. The number of rotatable bonds is 5. The van der Waals surface area contributed by atoms with Crippen molar-refractivity contribution >= 4 is 31.9 Å². The molecule has 2 aliphatic heterocycles. The van der Waals surface area contributed by atoms with Crippen molar-refractivity contribution in [1.29, 1.82) is 0 Å². The van der Waals surface area contributed by atoms with E-state index in [4.69, 9.17) is 0 Å². The molecule has 2 fully saturated rings. The van der Waals surface area contributed by atoms with Gasteiger partial charge in [-0.2, -0.15) is 4.31 Å². The minimum absolute atomic E-state index is 0.0156. The number of likely N-dealkylation sites (tertiary alicyclic amines) is 1. The molecule has 0 radical (unpaired) electrons. The summed E-state index contributed by atoms with van der Waals surface area (Å²) < 4.78 is 28.2. The van der Waals surface area contributed by atoms with Gasteiger partial charge in [0.25, 0.3) is 0 Å². The van der Waals surface area contributed by atoms with Crippen LogP contribution in [-0.4, -0.2) is 67.7 Å². The summed E-state index contributed by atoms with van der Waals surface area (Å²) in [6.07, 6.45) is 1.91. The first-order chi connectivity index (χ1) is 14.9. The van der Waals surface area contributed by atoms with Gasteiger partial charge in [-0.3, -0.25) is 9.69 Å². The highest BCUT2D eigenvalue weighted by Crippen LogP contribution is 2.23. The highest BCUT2D eigenvalue weighted by Gasteiger charge is 2.34. The Balaban J connectivity index is 1.33. The Kier molecular flexibility index (Phi) is 7.11. The van der Waals surface area contributed by atoms with Crippen molar-refractivity contribution in [3.8, 4) is 0 Å². The summed E-state index contributed by atoms with van der Waals surface area (Å²) in [6, 6.07) is 16.8. The van der Waals surface area contributed by atoms with Gasteiger partial charge >= 0.3 is 0 Å². The van der Waals surface area contributed by atoms with Crippen molar-refractivity contribution in [3.05, 3.63) is 64.6 Å². The molecule has 2 aliphatic rings. The number of carbonyl (C=O) groups is 1. The van der Waals surface area contributed by atoms with Gasteiger partial charge in [0, 0.05) is 43.7 Å². The molecule has 166 valence electrons. The summed E-state index contributed by atoms with van der Waals surface area (Å²) in [5.74, 6) is 0.147. The van der Waals surface area contributed by atoms with E-state index < -0.39 is 10.0 Å². The van der Waals surface area contributed by atoms with E-state index in [9.17, 15) is 13.2 Å². The Bertz CT molecular complexity index is 1010. The molecule has 0 aromatic heterocycles. The smallest absolute Gasteiger partial charge is 0.243 e. The molecule has 31 heavy (non-hydrogen) atoms. The number of piperidine rings is 1. The van der Waals surface area contributed by atoms with E-state index in [1.165, 1.54) is 9.87 Å². The minimum Gasteiger partial charge on any atom is -0.340 e. The molecule has 1 atom stereocenters. The topological polar surface area (TPSA) is 60.9 Å². The Labute approximate surface area is 193 Å². The van der Waals surface area contributed by atoms with E-state index in [1.807, 2.05) is 17.0 Å². The zero-order valence-corrected chi connectivity index (χ0v) is 19.9. The van der Waals surface area contributed by atoms with Crippen LogP contribution in [0, 0.1) is 5.92 Å². The molecule has 6 nitrogen and oxygen atoms in total. The Hall–Kier alpha value is -1.74. The molecule has 1 amide bonds. The number of piperazine rings is 1. The lowest BCUT2D eigenvalue weighted by atomic mass is 9.95. The van der Waals surface area contributed by atoms with Gasteiger partial charge in [-0.25, -0.2) is 8.42 Å².